The van der Waals surface area contributed by atoms with E-state index in [1.165, 1.54) is 12.4 Å². The van der Waals surface area contributed by atoms with Crippen molar-refractivity contribution in [1.29, 1.82) is 0 Å². The normalized spacial score (nSPS) is 10.1. The number of anilines is 2. The Labute approximate surface area is 113 Å². The van der Waals surface area contributed by atoms with Gasteiger partial charge in [-0.1, -0.05) is 12.1 Å². The predicted octanol–water partition coefficient (Wildman–Crippen LogP) is 2.38. The van der Waals surface area contributed by atoms with Crippen molar-refractivity contribution in [2.75, 3.05) is 11.1 Å². The number of nitrogen functional groups attached to an aromatic ring is 1. The van der Waals surface area contributed by atoms with E-state index in [4.69, 9.17) is 5.73 Å². The molecule has 0 radical (unpaired) electrons. The van der Waals surface area contributed by atoms with Crippen molar-refractivity contribution in [3.05, 3.63) is 46.3 Å². The number of rotatable bonds is 2. The van der Waals surface area contributed by atoms with Crippen LogP contribution in [0.3, 0.4) is 0 Å². The smallest absolute Gasteiger partial charge is 0.275 e. The lowest BCUT2D eigenvalue weighted by molar-refractivity contribution is 0.102. The Morgan fingerprint density at radius 3 is 2.89 bits per heavy atom. The Kier molecular flexibility index (Phi) is 3.57. The molecule has 0 fully saturated rings. The van der Waals surface area contributed by atoms with E-state index >= 15 is 0 Å². The number of hydrogen-bond donors (Lipinski definition) is 2. The Morgan fingerprint density at radius 1 is 1.39 bits per heavy atom. The molecule has 1 heterocycles. The summed E-state index contributed by atoms with van der Waals surface area (Å²) < 4.78 is 0.843. The first kappa shape index (κ1) is 12.5. The van der Waals surface area contributed by atoms with Crippen LogP contribution in [-0.2, 0) is 0 Å². The Hall–Kier alpha value is -1.95. The van der Waals surface area contributed by atoms with E-state index in [-0.39, 0.29) is 17.4 Å². The fourth-order valence-corrected chi connectivity index (χ4v) is 1.78. The summed E-state index contributed by atoms with van der Waals surface area (Å²) in [7, 11) is 0. The van der Waals surface area contributed by atoms with Gasteiger partial charge in [0.2, 0.25) is 0 Å². The molecule has 1 aromatic heterocycles. The van der Waals surface area contributed by atoms with Gasteiger partial charge in [-0.3, -0.25) is 9.78 Å². The van der Waals surface area contributed by atoms with Crippen LogP contribution in [0.2, 0.25) is 0 Å². The molecule has 1 amide bonds. The minimum atomic E-state index is -0.346. The van der Waals surface area contributed by atoms with Crippen LogP contribution in [0.4, 0.5) is 11.5 Å². The van der Waals surface area contributed by atoms with Crippen LogP contribution >= 0.6 is 15.9 Å². The fraction of sp³-hybridized carbons (Fsp3) is 0.0833. The van der Waals surface area contributed by atoms with E-state index in [0.717, 1.165) is 10.0 Å². The van der Waals surface area contributed by atoms with Gasteiger partial charge in [0.05, 0.1) is 18.1 Å². The second-order valence-corrected chi connectivity index (χ2v) is 4.51. The van der Waals surface area contributed by atoms with Crippen molar-refractivity contribution >= 4 is 33.3 Å². The average Bonchev–Trinajstić information content (AvgIpc) is 2.35. The van der Waals surface area contributed by atoms with Crippen molar-refractivity contribution in [3.63, 3.8) is 0 Å². The molecular formula is C12H11BrN4O. The van der Waals surface area contributed by atoms with Crippen molar-refractivity contribution < 1.29 is 4.79 Å². The monoisotopic (exact) mass is 306 g/mol. The topological polar surface area (TPSA) is 80.9 Å². The van der Waals surface area contributed by atoms with Gasteiger partial charge < -0.3 is 11.1 Å². The molecule has 0 atom stereocenters. The lowest BCUT2D eigenvalue weighted by Crippen LogP contribution is -2.15. The highest BCUT2D eigenvalue weighted by atomic mass is 79.9. The summed E-state index contributed by atoms with van der Waals surface area (Å²) in [5.74, 6) is -0.132. The third-order valence-electron chi connectivity index (χ3n) is 2.33. The maximum absolute atomic E-state index is 11.9. The van der Waals surface area contributed by atoms with E-state index < -0.39 is 0 Å². The van der Waals surface area contributed by atoms with Crippen molar-refractivity contribution in [2.24, 2.45) is 0 Å². The average molecular weight is 307 g/mol. The number of carbonyl (C=O) groups is 1. The van der Waals surface area contributed by atoms with E-state index in [1.807, 2.05) is 19.1 Å². The highest BCUT2D eigenvalue weighted by Gasteiger charge is 2.11. The van der Waals surface area contributed by atoms with Crippen molar-refractivity contribution in [3.8, 4) is 0 Å². The summed E-state index contributed by atoms with van der Waals surface area (Å²) in [6.07, 6.45) is 2.76. The van der Waals surface area contributed by atoms with Crippen LogP contribution < -0.4 is 11.1 Å². The molecule has 0 aliphatic heterocycles. The summed E-state index contributed by atoms with van der Waals surface area (Å²) in [6.45, 7) is 1.94. The van der Waals surface area contributed by atoms with Crippen LogP contribution in [0.25, 0.3) is 0 Å². The SMILES string of the molecule is Cc1cccc(NC(=O)c2cncc(N)n2)c1Br. The Morgan fingerprint density at radius 2 is 2.17 bits per heavy atom. The third kappa shape index (κ3) is 2.65. The summed E-state index contributed by atoms with van der Waals surface area (Å²) in [6, 6.07) is 5.61. The van der Waals surface area contributed by atoms with Crippen molar-refractivity contribution in [1.82, 2.24) is 9.97 Å². The van der Waals surface area contributed by atoms with Gasteiger partial charge in [0.25, 0.3) is 5.91 Å². The molecule has 5 nitrogen and oxygen atoms in total. The Bertz CT molecular complexity index is 600. The summed E-state index contributed by atoms with van der Waals surface area (Å²) in [4.78, 5) is 19.7. The minimum Gasteiger partial charge on any atom is -0.382 e. The lowest BCUT2D eigenvalue weighted by atomic mass is 10.2. The van der Waals surface area contributed by atoms with Crippen LogP contribution in [0, 0.1) is 6.92 Å². The predicted molar refractivity (Wildman–Crippen MR) is 73.3 cm³/mol. The molecule has 0 saturated carbocycles. The zero-order valence-electron chi connectivity index (χ0n) is 9.64. The van der Waals surface area contributed by atoms with Crippen LogP contribution in [-0.4, -0.2) is 15.9 Å². The first-order chi connectivity index (χ1) is 8.58. The number of nitrogens with zero attached hydrogens (tertiary/aromatic N) is 2. The van der Waals surface area contributed by atoms with Crippen molar-refractivity contribution in [2.45, 2.75) is 6.92 Å². The van der Waals surface area contributed by atoms with Gasteiger partial charge in [-0.15, -0.1) is 0 Å². The molecule has 1 aromatic carbocycles. The maximum Gasteiger partial charge on any atom is 0.275 e. The number of carbonyl (C=O) groups excluding carboxylic acids is 1. The van der Waals surface area contributed by atoms with Gasteiger partial charge >= 0.3 is 0 Å². The van der Waals surface area contributed by atoms with Gasteiger partial charge in [0.1, 0.15) is 11.5 Å². The van der Waals surface area contributed by atoms with Crippen LogP contribution in [0.1, 0.15) is 16.1 Å². The number of nitrogens with one attached hydrogen (secondary N) is 1. The maximum atomic E-state index is 11.9. The molecule has 92 valence electrons. The van der Waals surface area contributed by atoms with Gasteiger partial charge in [-0.2, -0.15) is 0 Å². The number of benzene rings is 1. The van der Waals surface area contributed by atoms with Gasteiger partial charge in [0, 0.05) is 4.47 Å². The fourth-order valence-electron chi connectivity index (χ4n) is 1.42. The number of aromatic nitrogens is 2. The second kappa shape index (κ2) is 5.14. The van der Waals surface area contributed by atoms with Gasteiger partial charge in [-0.25, -0.2) is 4.98 Å². The zero-order chi connectivity index (χ0) is 13.1. The Balaban J connectivity index is 2.24. The number of halogens is 1. The standard InChI is InChI=1S/C12H11BrN4O/c1-7-3-2-4-8(11(7)13)17-12(18)9-5-15-6-10(14)16-9/h2-6H,1H3,(H2,14,16)(H,17,18). The summed E-state index contributed by atoms with van der Waals surface area (Å²) >= 11 is 3.42. The second-order valence-electron chi connectivity index (χ2n) is 3.72. The first-order valence-electron chi connectivity index (χ1n) is 5.22. The molecule has 0 unspecified atom stereocenters. The molecule has 0 bridgehead atoms. The number of hydrogen-bond acceptors (Lipinski definition) is 4. The molecule has 2 aromatic rings. The zero-order valence-corrected chi connectivity index (χ0v) is 11.2. The molecular weight excluding hydrogens is 296 g/mol. The summed E-state index contributed by atoms with van der Waals surface area (Å²) in [5.41, 5.74) is 7.38. The van der Waals surface area contributed by atoms with E-state index in [2.05, 4.69) is 31.2 Å². The minimum absolute atomic E-state index is 0.184. The third-order valence-corrected chi connectivity index (χ3v) is 3.38. The number of aryl methyl sites for hydroxylation is 1. The first-order valence-corrected chi connectivity index (χ1v) is 6.01. The number of nitrogens with two attached hydrogens (primary N) is 1. The molecule has 18 heavy (non-hydrogen) atoms. The summed E-state index contributed by atoms with van der Waals surface area (Å²) in [5, 5.41) is 2.75. The largest absolute Gasteiger partial charge is 0.382 e. The molecule has 0 saturated heterocycles. The van der Waals surface area contributed by atoms with Crippen LogP contribution in [0.15, 0.2) is 35.1 Å². The van der Waals surface area contributed by atoms with Gasteiger partial charge in [0.15, 0.2) is 0 Å². The van der Waals surface area contributed by atoms with E-state index in [1.54, 1.807) is 6.07 Å². The highest BCUT2D eigenvalue weighted by molar-refractivity contribution is 9.10. The quantitative estimate of drug-likeness (QED) is 0.892. The highest BCUT2D eigenvalue weighted by Crippen LogP contribution is 2.25. The molecule has 0 aliphatic carbocycles. The molecule has 6 heteroatoms. The van der Waals surface area contributed by atoms with Gasteiger partial charge in [-0.05, 0) is 34.5 Å². The van der Waals surface area contributed by atoms with E-state index in [0.29, 0.717) is 5.69 Å². The molecule has 0 spiro atoms. The van der Waals surface area contributed by atoms with E-state index in [9.17, 15) is 4.79 Å². The molecule has 3 N–H and O–H groups in total. The molecule has 0 aliphatic rings. The lowest BCUT2D eigenvalue weighted by Gasteiger charge is -2.08. The number of amides is 1. The molecule has 2 rings (SSSR count). The van der Waals surface area contributed by atoms with Crippen LogP contribution in [0.5, 0.6) is 0 Å².